The molecule has 27 heavy (non-hydrogen) atoms. The van der Waals surface area contributed by atoms with E-state index >= 15 is 0 Å². The van der Waals surface area contributed by atoms with Crippen molar-refractivity contribution in [2.45, 2.75) is 56.6 Å². The molecule has 0 unspecified atom stereocenters. The average molecular weight is 391 g/mol. The van der Waals surface area contributed by atoms with Gasteiger partial charge in [0.25, 0.3) is 0 Å². The second-order valence-corrected chi connectivity index (χ2v) is 8.54. The highest BCUT2D eigenvalue weighted by Gasteiger charge is 2.27. The zero-order valence-corrected chi connectivity index (χ0v) is 16.6. The van der Waals surface area contributed by atoms with Crippen LogP contribution in [0.15, 0.2) is 35.2 Å². The van der Waals surface area contributed by atoms with Gasteiger partial charge in [-0.1, -0.05) is 6.07 Å². The molecule has 0 amide bonds. The summed E-state index contributed by atoms with van der Waals surface area (Å²) in [5.41, 5.74) is 1.74. The molecule has 1 fully saturated rings. The summed E-state index contributed by atoms with van der Waals surface area (Å²) in [6, 6.07) is 8.66. The van der Waals surface area contributed by atoms with Crippen molar-refractivity contribution >= 4 is 10.0 Å². The lowest BCUT2D eigenvalue weighted by Crippen LogP contribution is -2.39. The van der Waals surface area contributed by atoms with Crippen molar-refractivity contribution in [1.82, 2.24) is 14.7 Å². The number of ether oxygens (including phenoxy) is 2. The summed E-state index contributed by atoms with van der Waals surface area (Å²) >= 11 is 0. The molecule has 1 aromatic carbocycles. The molecule has 146 valence electrons. The Morgan fingerprint density at radius 1 is 1.04 bits per heavy atom. The van der Waals surface area contributed by atoms with Crippen LogP contribution >= 0.6 is 0 Å². The molecule has 0 spiro atoms. The second-order valence-electron chi connectivity index (χ2n) is 6.83. The maximum atomic E-state index is 12.6. The lowest BCUT2D eigenvalue weighted by Gasteiger charge is -2.28. The van der Waals surface area contributed by atoms with Crippen LogP contribution in [0, 0.1) is 13.8 Å². The molecule has 7 nitrogen and oxygen atoms in total. The van der Waals surface area contributed by atoms with Gasteiger partial charge in [-0.25, -0.2) is 23.1 Å². The quantitative estimate of drug-likeness (QED) is 0.814. The molecule has 1 aliphatic carbocycles. The fourth-order valence-electron chi connectivity index (χ4n) is 3.25. The number of nitrogens with one attached hydrogen (secondary N) is 1. The number of nitrogens with zero attached hydrogens (tertiary/aromatic N) is 2. The summed E-state index contributed by atoms with van der Waals surface area (Å²) in [7, 11) is -2.06. The molecule has 0 saturated heterocycles. The van der Waals surface area contributed by atoms with Gasteiger partial charge in [0, 0.05) is 23.5 Å². The van der Waals surface area contributed by atoms with Gasteiger partial charge >= 0.3 is 6.01 Å². The number of methoxy groups -OCH3 is 1. The number of sulfonamides is 1. The van der Waals surface area contributed by atoms with Crippen molar-refractivity contribution in [3.8, 4) is 11.8 Å². The monoisotopic (exact) mass is 391 g/mol. The van der Waals surface area contributed by atoms with E-state index < -0.39 is 10.0 Å². The van der Waals surface area contributed by atoms with Crippen LogP contribution in [0.5, 0.6) is 11.8 Å². The van der Waals surface area contributed by atoms with Crippen molar-refractivity contribution in [2.24, 2.45) is 0 Å². The molecule has 3 rings (SSSR count). The molecule has 1 heterocycles. The zero-order valence-electron chi connectivity index (χ0n) is 15.8. The molecule has 1 N–H and O–H groups in total. The Labute approximate surface area is 160 Å². The molecule has 0 radical (unpaired) electrons. The van der Waals surface area contributed by atoms with Gasteiger partial charge in [0.15, 0.2) is 0 Å². The SMILES string of the molecule is COc1cccc(S(=O)(=O)NC2CCC(Oc3nc(C)cc(C)n3)CC2)c1. The first-order valence-corrected chi connectivity index (χ1v) is 10.5. The lowest BCUT2D eigenvalue weighted by molar-refractivity contribution is 0.131. The van der Waals surface area contributed by atoms with Crippen LogP contribution in [-0.4, -0.2) is 37.6 Å². The molecule has 0 atom stereocenters. The Bertz CT molecular complexity index is 873. The Balaban J connectivity index is 1.57. The standard InChI is InChI=1S/C19H25N3O4S/c1-13-11-14(2)21-19(20-13)26-16-9-7-15(8-10-16)22-27(23,24)18-6-4-5-17(12-18)25-3/h4-6,11-12,15-16,22H,7-10H2,1-3H3. The maximum Gasteiger partial charge on any atom is 0.317 e. The van der Waals surface area contributed by atoms with E-state index in [0.717, 1.165) is 24.2 Å². The third-order valence-corrected chi connectivity index (χ3v) is 6.10. The Morgan fingerprint density at radius 3 is 2.33 bits per heavy atom. The van der Waals surface area contributed by atoms with Crippen molar-refractivity contribution in [2.75, 3.05) is 7.11 Å². The molecule has 1 aromatic heterocycles. The third kappa shape index (κ3) is 5.17. The summed E-state index contributed by atoms with van der Waals surface area (Å²) in [6.45, 7) is 3.82. The Morgan fingerprint density at radius 2 is 1.70 bits per heavy atom. The van der Waals surface area contributed by atoms with Crippen LogP contribution in [0.2, 0.25) is 0 Å². The summed E-state index contributed by atoms with van der Waals surface area (Å²) in [4.78, 5) is 8.82. The van der Waals surface area contributed by atoms with Crippen LogP contribution in [0.4, 0.5) is 0 Å². The molecule has 1 saturated carbocycles. The first-order chi connectivity index (χ1) is 12.9. The first kappa shape index (κ1) is 19.6. The van der Waals surface area contributed by atoms with Crippen molar-refractivity contribution < 1.29 is 17.9 Å². The highest BCUT2D eigenvalue weighted by atomic mass is 32.2. The number of rotatable bonds is 6. The summed E-state index contributed by atoms with van der Waals surface area (Å²) in [5.74, 6) is 0.517. The van der Waals surface area contributed by atoms with E-state index in [1.807, 2.05) is 19.9 Å². The number of benzene rings is 1. The summed E-state index contributed by atoms with van der Waals surface area (Å²) in [5, 5.41) is 0. The minimum atomic E-state index is -3.58. The van der Waals surface area contributed by atoms with Gasteiger partial charge in [-0.2, -0.15) is 0 Å². The lowest BCUT2D eigenvalue weighted by atomic mass is 9.94. The molecule has 1 aliphatic rings. The Kier molecular flexibility index (Phi) is 5.96. The number of aromatic nitrogens is 2. The van der Waals surface area contributed by atoms with E-state index in [1.54, 1.807) is 18.2 Å². The second kappa shape index (κ2) is 8.22. The van der Waals surface area contributed by atoms with Crippen LogP contribution in [0.3, 0.4) is 0 Å². The third-order valence-electron chi connectivity index (χ3n) is 4.58. The molecular weight excluding hydrogens is 366 g/mol. The molecule has 0 aliphatic heterocycles. The summed E-state index contributed by atoms with van der Waals surface area (Å²) in [6.07, 6.45) is 2.92. The smallest absolute Gasteiger partial charge is 0.317 e. The molecular formula is C19H25N3O4S. The van der Waals surface area contributed by atoms with E-state index in [4.69, 9.17) is 9.47 Å². The minimum Gasteiger partial charge on any atom is -0.497 e. The van der Waals surface area contributed by atoms with Gasteiger partial charge < -0.3 is 9.47 Å². The maximum absolute atomic E-state index is 12.6. The van der Waals surface area contributed by atoms with E-state index in [0.29, 0.717) is 24.6 Å². The van der Waals surface area contributed by atoms with Gasteiger partial charge in [0.05, 0.1) is 12.0 Å². The van der Waals surface area contributed by atoms with E-state index in [2.05, 4.69) is 14.7 Å². The molecule has 0 bridgehead atoms. The van der Waals surface area contributed by atoms with Gasteiger partial charge in [-0.3, -0.25) is 0 Å². The van der Waals surface area contributed by atoms with Crippen LogP contribution in [0.25, 0.3) is 0 Å². The van der Waals surface area contributed by atoms with Gasteiger partial charge in [-0.05, 0) is 57.7 Å². The fourth-order valence-corrected chi connectivity index (χ4v) is 4.59. The van der Waals surface area contributed by atoms with E-state index in [-0.39, 0.29) is 17.0 Å². The number of aryl methyl sites for hydroxylation is 2. The van der Waals surface area contributed by atoms with Gasteiger partial charge in [0.1, 0.15) is 11.9 Å². The minimum absolute atomic E-state index is 0.00349. The van der Waals surface area contributed by atoms with Crippen LogP contribution in [-0.2, 0) is 10.0 Å². The van der Waals surface area contributed by atoms with E-state index in [1.165, 1.54) is 13.2 Å². The first-order valence-electron chi connectivity index (χ1n) is 9.01. The van der Waals surface area contributed by atoms with E-state index in [9.17, 15) is 8.42 Å². The largest absolute Gasteiger partial charge is 0.497 e. The van der Waals surface area contributed by atoms with Crippen LogP contribution < -0.4 is 14.2 Å². The van der Waals surface area contributed by atoms with Crippen molar-refractivity contribution in [3.63, 3.8) is 0 Å². The highest BCUT2D eigenvalue weighted by Crippen LogP contribution is 2.24. The number of hydrogen-bond acceptors (Lipinski definition) is 6. The van der Waals surface area contributed by atoms with Crippen LogP contribution in [0.1, 0.15) is 37.1 Å². The van der Waals surface area contributed by atoms with Crippen molar-refractivity contribution in [3.05, 3.63) is 41.7 Å². The van der Waals surface area contributed by atoms with Gasteiger partial charge in [0.2, 0.25) is 10.0 Å². The molecule has 8 heteroatoms. The predicted molar refractivity (Wildman–Crippen MR) is 101 cm³/mol. The fraction of sp³-hybridized carbons (Fsp3) is 0.474. The highest BCUT2D eigenvalue weighted by molar-refractivity contribution is 7.89. The summed E-state index contributed by atoms with van der Waals surface area (Å²) < 4.78 is 39.0. The normalized spacial score (nSPS) is 20.3. The van der Waals surface area contributed by atoms with Crippen molar-refractivity contribution in [1.29, 1.82) is 0 Å². The Hall–Kier alpha value is -2.19. The molecule has 2 aromatic rings. The zero-order chi connectivity index (χ0) is 19.4. The number of hydrogen-bond donors (Lipinski definition) is 1. The average Bonchev–Trinajstić information content (AvgIpc) is 2.62. The topological polar surface area (TPSA) is 90.4 Å². The predicted octanol–water partition coefficient (Wildman–Crippen LogP) is 2.77. The van der Waals surface area contributed by atoms with Gasteiger partial charge in [-0.15, -0.1) is 0 Å².